The highest BCUT2D eigenvalue weighted by Crippen LogP contribution is 2.69. The quantitative estimate of drug-likeness (QED) is 0.326. The van der Waals surface area contributed by atoms with Crippen LogP contribution in [-0.4, -0.2) is 37.0 Å². The molecule has 1 amide bonds. The number of ether oxygens (including phenoxy) is 1. The maximum atomic E-state index is 12.5. The molecular weight excluding hydrogens is 516 g/mol. The monoisotopic (exact) mass is 568 g/mol. The molecule has 0 spiro atoms. The predicted octanol–water partition coefficient (Wildman–Crippen LogP) is 8.07. The lowest BCUT2D eigenvalue weighted by atomic mass is 9.42. The van der Waals surface area contributed by atoms with Gasteiger partial charge in [-0.25, -0.2) is 4.79 Å². The largest absolute Gasteiger partial charge is 0.449 e. The third-order valence-electron chi connectivity index (χ3n) is 12.8. The lowest BCUT2D eigenvalue weighted by Gasteiger charge is -2.63. The highest BCUT2D eigenvalue weighted by Gasteiger charge is 2.61. The maximum absolute atomic E-state index is 12.5. The maximum Gasteiger partial charge on any atom is 0.417 e. The molecule has 1 heterocycles. The molecule has 5 unspecified atom stereocenters. The molecule has 5 fully saturated rings. The van der Waals surface area contributed by atoms with Gasteiger partial charge in [0.15, 0.2) is 0 Å². The molecule has 1 saturated heterocycles. The Kier molecular flexibility index (Phi) is 8.40. The minimum absolute atomic E-state index is 0.0793. The fourth-order valence-electron chi connectivity index (χ4n) is 10.6. The Morgan fingerprint density at radius 3 is 2.48 bits per heavy atom. The lowest BCUT2D eigenvalue weighted by molar-refractivity contribution is -0.151. The van der Waals surface area contributed by atoms with E-state index in [1.807, 2.05) is 0 Å². The second-order valence-corrected chi connectivity index (χ2v) is 15.3. The molecule has 0 bridgehead atoms. The highest BCUT2D eigenvalue weighted by atomic mass is 32.2. The molecule has 1 aliphatic heterocycles. The topological polar surface area (TPSA) is 61.8 Å². The SMILES string of the molecule is CC[C@H]1CC2C3CC[C@H](CCOC(=O)NSc4ccc(N5CCCC5)cc4)C3(C)CC[C@@H]2C2(C)CC[C@@H](O)CC12. The van der Waals surface area contributed by atoms with E-state index < -0.39 is 0 Å². The van der Waals surface area contributed by atoms with Crippen molar-refractivity contribution < 1.29 is 14.6 Å². The Morgan fingerprint density at radius 1 is 1.00 bits per heavy atom. The fourth-order valence-corrected chi connectivity index (χ4v) is 11.2. The summed E-state index contributed by atoms with van der Waals surface area (Å²) in [6.07, 6.45) is 14.3. The Bertz CT molecular complexity index is 1030. The van der Waals surface area contributed by atoms with Crippen molar-refractivity contribution in [3.63, 3.8) is 0 Å². The summed E-state index contributed by atoms with van der Waals surface area (Å²) < 4.78 is 8.58. The van der Waals surface area contributed by atoms with Crippen LogP contribution in [0.1, 0.15) is 97.8 Å². The smallest absolute Gasteiger partial charge is 0.417 e. The van der Waals surface area contributed by atoms with E-state index in [4.69, 9.17) is 4.74 Å². The number of hydrogen-bond donors (Lipinski definition) is 2. The predicted molar refractivity (Wildman–Crippen MR) is 163 cm³/mol. The second kappa shape index (κ2) is 11.7. The molecule has 4 saturated carbocycles. The van der Waals surface area contributed by atoms with Gasteiger partial charge >= 0.3 is 6.09 Å². The molecule has 4 aliphatic carbocycles. The summed E-state index contributed by atoms with van der Waals surface area (Å²) in [6, 6.07) is 8.47. The first-order valence-corrected chi connectivity index (χ1v) is 17.3. The average Bonchev–Trinajstić information content (AvgIpc) is 3.61. The van der Waals surface area contributed by atoms with Gasteiger partial charge in [-0.05, 0) is 153 Å². The van der Waals surface area contributed by atoms with Gasteiger partial charge in [0.1, 0.15) is 0 Å². The van der Waals surface area contributed by atoms with E-state index in [1.165, 1.54) is 75.4 Å². The van der Waals surface area contributed by atoms with Crippen molar-refractivity contribution in [2.75, 3.05) is 24.6 Å². The van der Waals surface area contributed by atoms with Crippen LogP contribution < -0.4 is 9.62 Å². The van der Waals surface area contributed by atoms with E-state index in [9.17, 15) is 9.90 Å². The van der Waals surface area contributed by atoms with Crippen LogP contribution in [0.3, 0.4) is 0 Å². The summed E-state index contributed by atoms with van der Waals surface area (Å²) in [5.74, 6) is 4.59. The first-order chi connectivity index (χ1) is 19.3. The minimum atomic E-state index is -0.325. The van der Waals surface area contributed by atoms with Gasteiger partial charge in [0.25, 0.3) is 0 Å². The van der Waals surface area contributed by atoms with E-state index in [0.717, 1.165) is 60.9 Å². The van der Waals surface area contributed by atoms with Crippen LogP contribution >= 0.6 is 11.9 Å². The summed E-state index contributed by atoms with van der Waals surface area (Å²) in [7, 11) is 0. The standard InChI is InChI=1S/C34H52N2O3S/c1-4-23-21-28-29-12-7-24(33(29,2)17-14-30(28)34(3)16-13-26(37)22-31(23)34)15-20-39-32(38)35-40-27-10-8-25(9-11-27)36-18-5-6-19-36/h8-11,23-24,26,28-31,37H,4-7,12-22H2,1-3H3,(H,35,38)/t23-,24+,26+,28?,29?,30-,31?,33?,34?/m0/s1. The minimum Gasteiger partial charge on any atom is -0.449 e. The normalized spacial score (nSPS) is 40.7. The van der Waals surface area contributed by atoms with Crippen LogP contribution in [-0.2, 0) is 4.74 Å². The molecule has 0 aromatic heterocycles. The Labute approximate surface area is 246 Å². The fraction of sp³-hybridized carbons (Fsp3) is 0.794. The van der Waals surface area contributed by atoms with E-state index in [2.05, 4.69) is 54.7 Å². The first-order valence-electron chi connectivity index (χ1n) is 16.4. The van der Waals surface area contributed by atoms with Gasteiger partial charge in [0.05, 0.1) is 12.7 Å². The summed E-state index contributed by atoms with van der Waals surface area (Å²) in [5.41, 5.74) is 2.06. The molecular formula is C34H52N2O3S. The van der Waals surface area contributed by atoms with Gasteiger partial charge in [-0.15, -0.1) is 0 Å². The van der Waals surface area contributed by atoms with E-state index in [-0.39, 0.29) is 12.2 Å². The van der Waals surface area contributed by atoms with Crippen molar-refractivity contribution in [2.24, 2.45) is 46.3 Å². The van der Waals surface area contributed by atoms with Crippen LogP contribution in [0.4, 0.5) is 10.5 Å². The van der Waals surface area contributed by atoms with Gasteiger partial charge in [0, 0.05) is 23.7 Å². The first kappa shape index (κ1) is 28.7. The Morgan fingerprint density at radius 2 is 1.73 bits per heavy atom. The zero-order valence-corrected chi connectivity index (χ0v) is 25.9. The van der Waals surface area contributed by atoms with Gasteiger partial charge in [-0.1, -0.05) is 27.2 Å². The number of benzene rings is 1. The van der Waals surface area contributed by atoms with E-state index >= 15 is 0 Å². The van der Waals surface area contributed by atoms with Crippen LogP contribution in [0.15, 0.2) is 29.2 Å². The van der Waals surface area contributed by atoms with Crippen molar-refractivity contribution in [1.29, 1.82) is 0 Å². The van der Waals surface area contributed by atoms with Crippen molar-refractivity contribution in [2.45, 2.75) is 109 Å². The van der Waals surface area contributed by atoms with Crippen LogP contribution in [0, 0.1) is 46.3 Å². The number of rotatable bonds is 7. The third-order valence-corrected chi connectivity index (χ3v) is 13.6. The third kappa shape index (κ3) is 5.29. The Balaban J connectivity index is 1.00. The van der Waals surface area contributed by atoms with Gasteiger partial charge in [-0.3, -0.25) is 4.72 Å². The van der Waals surface area contributed by atoms with Crippen LogP contribution in [0.25, 0.3) is 0 Å². The summed E-state index contributed by atoms with van der Waals surface area (Å²) in [6.45, 7) is 10.4. The molecule has 2 N–H and O–H groups in total. The number of carbonyl (C=O) groups excluding carboxylic acids is 1. The van der Waals surface area contributed by atoms with Crippen molar-refractivity contribution >= 4 is 23.7 Å². The molecule has 222 valence electrons. The number of amides is 1. The zero-order valence-electron chi connectivity index (χ0n) is 25.1. The lowest BCUT2D eigenvalue weighted by Crippen LogP contribution is -2.56. The van der Waals surface area contributed by atoms with Crippen molar-refractivity contribution in [3.8, 4) is 0 Å². The molecule has 1 aromatic carbocycles. The van der Waals surface area contributed by atoms with Crippen LogP contribution in [0.2, 0.25) is 0 Å². The number of nitrogens with one attached hydrogen (secondary N) is 1. The Hall–Kier alpha value is -1.40. The van der Waals surface area contributed by atoms with Gasteiger partial charge < -0.3 is 14.7 Å². The molecule has 6 heteroatoms. The van der Waals surface area contributed by atoms with Crippen molar-refractivity contribution in [1.82, 2.24) is 4.72 Å². The number of anilines is 1. The molecule has 5 aliphatic rings. The molecule has 1 aromatic rings. The average molecular weight is 569 g/mol. The highest BCUT2D eigenvalue weighted by molar-refractivity contribution is 7.98. The molecule has 6 rings (SSSR count). The number of fused-ring (bicyclic) bond motifs is 5. The zero-order chi connectivity index (χ0) is 27.9. The molecule has 9 atom stereocenters. The van der Waals surface area contributed by atoms with E-state index in [1.54, 1.807) is 0 Å². The number of aliphatic hydroxyl groups excluding tert-OH is 1. The summed E-state index contributed by atoms with van der Waals surface area (Å²) in [5, 5.41) is 10.5. The second-order valence-electron chi connectivity index (χ2n) is 14.5. The van der Waals surface area contributed by atoms with Crippen molar-refractivity contribution in [3.05, 3.63) is 24.3 Å². The van der Waals surface area contributed by atoms with E-state index in [0.29, 0.717) is 29.3 Å². The number of carbonyl (C=O) groups is 1. The van der Waals surface area contributed by atoms with Gasteiger partial charge in [0.2, 0.25) is 0 Å². The molecule has 5 nitrogen and oxygen atoms in total. The molecule has 40 heavy (non-hydrogen) atoms. The number of nitrogens with zero attached hydrogens (tertiary/aromatic N) is 1. The number of hydrogen-bond acceptors (Lipinski definition) is 5. The van der Waals surface area contributed by atoms with Gasteiger partial charge in [-0.2, -0.15) is 0 Å². The van der Waals surface area contributed by atoms with Crippen LogP contribution in [0.5, 0.6) is 0 Å². The summed E-state index contributed by atoms with van der Waals surface area (Å²) in [4.78, 5) is 16.0. The molecule has 0 radical (unpaired) electrons. The number of aliphatic hydroxyl groups is 1. The summed E-state index contributed by atoms with van der Waals surface area (Å²) >= 11 is 1.34.